The number of aromatic nitrogens is 2. The van der Waals surface area contributed by atoms with E-state index in [0.29, 0.717) is 10.5 Å². The molecule has 3 aromatic heterocycles. The third kappa shape index (κ3) is 2.89. The molecule has 0 aliphatic heterocycles. The molecular weight excluding hydrogens is 407 g/mol. The highest BCUT2D eigenvalue weighted by atomic mass is 32.1. The number of nitrogens with zero attached hydrogens (tertiary/aromatic N) is 2. The normalized spacial score (nSPS) is 20.3. The van der Waals surface area contributed by atoms with Crippen molar-refractivity contribution in [3.63, 3.8) is 0 Å². The van der Waals surface area contributed by atoms with Crippen LogP contribution in [0.25, 0.3) is 21.6 Å². The second kappa shape index (κ2) is 6.46. The van der Waals surface area contributed by atoms with E-state index in [1.165, 1.54) is 17.5 Å². The van der Waals surface area contributed by atoms with Crippen LogP contribution in [0.5, 0.6) is 0 Å². The SMILES string of the molecule is CC1(C)CCc2cc(-c3nc4c(cc3F)c(=O)c(C(=O)O)cn4C3CC3)sc2C1O. The molecule has 0 amide bonds. The van der Waals surface area contributed by atoms with E-state index >= 15 is 4.39 Å². The first kappa shape index (κ1) is 19.4. The van der Waals surface area contributed by atoms with Gasteiger partial charge in [-0.05, 0) is 48.8 Å². The number of halogens is 1. The molecule has 6 nitrogen and oxygen atoms in total. The number of pyridine rings is 2. The van der Waals surface area contributed by atoms with Gasteiger partial charge in [0.2, 0.25) is 5.43 Å². The average Bonchev–Trinajstić information content (AvgIpc) is 3.43. The topological polar surface area (TPSA) is 92.4 Å². The molecule has 2 aliphatic carbocycles. The van der Waals surface area contributed by atoms with Crippen LogP contribution in [0.15, 0.2) is 23.1 Å². The molecular formula is C22H21FN2O4S. The fraction of sp³-hybridized carbons (Fsp3) is 0.409. The summed E-state index contributed by atoms with van der Waals surface area (Å²) in [5.41, 5.74) is 0.0867. The Labute approximate surface area is 175 Å². The van der Waals surface area contributed by atoms with Crippen LogP contribution in [0.1, 0.15) is 66.1 Å². The van der Waals surface area contributed by atoms with Crippen LogP contribution in [0.3, 0.4) is 0 Å². The van der Waals surface area contributed by atoms with E-state index in [2.05, 4.69) is 4.98 Å². The zero-order valence-corrected chi connectivity index (χ0v) is 17.4. The number of aliphatic hydroxyl groups excluding tert-OH is 1. The lowest BCUT2D eigenvalue weighted by Crippen LogP contribution is -2.26. The first-order valence-electron chi connectivity index (χ1n) is 9.97. The number of aromatic carboxylic acids is 1. The van der Waals surface area contributed by atoms with Gasteiger partial charge in [-0.3, -0.25) is 4.79 Å². The zero-order valence-electron chi connectivity index (χ0n) is 16.6. The van der Waals surface area contributed by atoms with Gasteiger partial charge in [0.1, 0.15) is 16.9 Å². The Morgan fingerprint density at radius 2 is 2.07 bits per heavy atom. The maximum absolute atomic E-state index is 15.1. The van der Waals surface area contributed by atoms with E-state index in [4.69, 9.17) is 0 Å². The molecule has 30 heavy (non-hydrogen) atoms. The third-order valence-corrected chi connectivity index (χ3v) is 7.47. The van der Waals surface area contributed by atoms with Crippen LogP contribution < -0.4 is 5.43 Å². The summed E-state index contributed by atoms with van der Waals surface area (Å²) in [6, 6.07) is 3.04. The van der Waals surface area contributed by atoms with Gasteiger partial charge in [0.05, 0.1) is 16.4 Å². The second-order valence-corrected chi connectivity index (χ2v) is 9.98. The minimum Gasteiger partial charge on any atom is -0.477 e. The number of hydrogen-bond donors (Lipinski definition) is 2. The van der Waals surface area contributed by atoms with E-state index in [1.54, 1.807) is 4.57 Å². The van der Waals surface area contributed by atoms with Gasteiger partial charge in [-0.25, -0.2) is 14.2 Å². The van der Waals surface area contributed by atoms with Gasteiger partial charge < -0.3 is 14.8 Å². The van der Waals surface area contributed by atoms with E-state index < -0.39 is 23.3 Å². The summed E-state index contributed by atoms with van der Waals surface area (Å²) >= 11 is 1.33. The van der Waals surface area contributed by atoms with E-state index in [0.717, 1.165) is 42.2 Å². The van der Waals surface area contributed by atoms with Crippen LogP contribution in [0, 0.1) is 11.2 Å². The average molecular weight is 428 g/mol. The van der Waals surface area contributed by atoms with E-state index in [1.807, 2.05) is 19.9 Å². The predicted octanol–water partition coefficient (Wildman–Crippen LogP) is 4.30. The van der Waals surface area contributed by atoms with E-state index in [9.17, 15) is 19.8 Å². The number of rotatable bonds is 3. The molecule has 0 saturated heterocycles. The molecule has 2 N–H and O–H groups in total. The van der Waals surface area contributed by atoms with Crippen molar-refractivity contribution < 1.29 is 19.4 Å². The van der Waals surface area contributed by atoms with E-state index in [-0.39, 0.29) is 28.1 Å². The van der Waals surface area contributed by atoms with Crippen molar-refractivity contribution in [3.8, 4) is 10.6 Å². The van der Waals surface area contributed by atoms with Crippen LogP contribution in [0.2, 0.25) is 0 Å². The first-order valence-corrected chi connectivity index (χ1v) is 10.8. The summed E-state index contributed by atoms with van der Waals surface area (Å²) in [5.74, 6) is -2.00. The highest BCUT2D eigenvalue weighted by Gasteiger charge is 2.36. The lowest BCUT2D eigenvalue weighted by molar-refractivity contribution is 0.0373. The number of aryl methyl sites for hydroxylation is 1. The van der Waals surface area contributed by atoms with Crippen LogP contribution in [-0.2, 0) is 6.42 Å². The number of carboxylic acid groups (broad SMARTS) is 1. The van der Waals surface area contributed by atoms with Crippen molar-refractivity contribution in [1.82, 2.24) is 9.55 Å². The monoisotopic (exact) mass is 428 g/mol. The Morgan fingerprint density at radius 3 is 2.73 bits per heavy atom. The lowest BCUT2D eigenvalue weighted by atomic mass is 9.75. The fourth-order valence-electron chi connectivity index (χ4n) is 4.14. The molecule has 0 bridgehead atoms. The Kier molecular flexibility index (Phi) is 4.17. The molecule has 1 atom stereocenters. The molecule has 3 aromatic rings. The molecule has 0 aromatic carbocycles. The van der Waals surface area contributed by atoms with Gasteiger partial charge in [-0.15, -0.1) is 11.3 Å². The van der Waals surface area contributed by atoms with Crippen LogP contribution in [-0.4, -0.2) is 25.7 Å². The molecule has 1 fully saturated rings. The summed E-state index contributed by atoms with van der Waals surface area (Å²) in [5, 5.41) is 20.1. The van der Waals surface area contributed by atoms with Crippen molar-refractivity contribution in [3.05, 3.63) is 50.4 Å². The standard InChI is InChI=1S/C22H21FN2O4S/c1-22(2)6-5-10-7-15(30-18(10)19(22)27)16-14(23)8-12-17(26)13(21(28)29)9-25(11-3-4-11)20(12)24-16/h7-9,11,19,27H,3-6H2,1-2H3,(H,28,29). The molecule has 0 radical (unpaired) electrons. The van der Waals surface area contributed by atoms with Gasteiger partial charge in [-0.1, -0.05) is 13.8 Å². The molecule has 2 aliphatic rings. The second-order valence-electron chi connectivity index (χ2n) is 8.90. The predicted molar refractivity (Wildman–Crippen MR) is 112 cm³/mol. The van der Waals surface area contributed by atoms with Gasteiger partial charge >= 0.3 is 5.97 Å². The Balaban J connectivity index is 1.72. The molecule has 3 heterocycles. The van der Waals surface area contributed by atoms with Crippen molar-refractivity contribution >= 4 is 28.3 Å². The first-order chi connectivity index (χ1) is 14.2. The Bertz CT molecular complexity index is 1270. The molecule has 1 unspecified atom stereocenters. The smallest absolute Gasteiger partial charge is 0.341 e. The van der Waals surface area contributed by atoms with Gasteiger partial charge in [0, 0.05) is 17.1 Å². The Morgan fingerprint density at radius 1 is 1.33 bits per heavy atom. The van der Waals surface area contributed by atoms with Crippen LogP contribution >= 0.6 is 11.3 Å². The van der Waals surface area contributed by atoms with Crippen molar-refractivity contribution in [2.24, 2.45) is 5.41 Å². The number of hydrogen-bond acceptors (Lipinski definition) is 5. The molecule has 0 spiro atoms. The summed E-state index contributed by atoms with van der Waals surface area (Å²) < 4.78 is 16.8. The summed E-state index contributed by atoms with van der Waals surface area (Å²) in [6.07, 6.45) is 4.07. The van der Waals surface area contributed by atoms with Crippen molar-refractivity contribution in [2.75, 3.05) is 0 Å². The number of thiophene rings is 1. The molecule has 156 valence electrons. The minimum atomic E-state index is -1.33. The van der Waals surface area contributed by atoms with Gasteiger partial charge in [0.25, 0.3) is 0 Å². The van der Waals surface area contributed by atoms with Crippen LogP contribution in [0.4, 0.5) is 4.39 Å². The highest BCUT2D eigenvalue weighted by Crippen LogP contribution is 2.48. The minimum absolute atomic E-state index is 0.0227. The maximum atomic E-state index is 15.1. The lowest BCUT2D eigenvalue weighted by Gasteiger charge is -2.34. The number of aliphatic hydroxyl groups is 1. The highest BCUT2D eigenvalue weighted by molar-refractivity contribution is 7.15. The molecule has 8 heteroatoms. The fourth-order valence-corrected chi connectivity index (χ4v) is 5.54. The van der Waals surface area contributed by atoms with Crippen molar-refractivity contribution in [1.29, 1.82) is 0 Å². The summed E-state index contributed by atoms with van der Waals surface area (Å²) in [4.78, 5) is 30.0. The molecule has 1 saturated carbocycles. The van der Waals surface area contributed by atoms with Crippen molar-refractivity contribution in [2.45, 2.75) is 51.7 Å². The molecule has 5 rings (SSSR count). The number of carbonyl (C=O) groups is 1. The summed E-state index contributed by atoms with van der Waals surface area (Å²) in [6.45, 7) is 4.03. The zero-order chi connectivity index (χ0) is 21.4. The largest absolute Gasteiger partial charge is 0.477 e. The van der Waals surface area contributed by atoms with Gasteiger partial charge in [0.15, 0.2) is 5.82 Å². The number of carboxylic acids is 1. The maximum Gasteiger partial charge on any atom is 0.341 e. The quantitative estimate of drug-likeness (QED) is 0.649. The Hall–Kier alpha value is -2.58. The summed E-state index contributed by atoms with van der Waals surface area (Å²) in [7, 11) is 0. The third-order valence-electron chi connectivity index (χ3n) is 6.23. The van der Waals surface area contributed by atoms with Gasteiger partial charge in [-0.2, -0.15) is 0 Å². The number of fused-ring (bicyclic) bond motifs is 2.